The van der Waals surface area contributed by atoms with E-state index < -0.39 is 0 Å². The summed E-state index contributed by atoms with van der Waals surface area (Å²) in [5.41, 5.74) is 2.76. The third kappa shape index (κ3) is 4.61. The third-order valence-corrected chi connectivity index (χ3v) is 6.67. The monoisotopic (exact) mass is 408 g/mol. The summed E-state index contributed by atoms with van der Waals surface area (Å²) in [6, 6.07) is 10.5. The third-order valence-electron chi connectivity index (χ3n) is 6.67. The van der Waals surface area contributed by atoms with Crippen molar-refractivity contribution in [3.8, 4) is 11.4 Å². The van der Waals surface area contributed by atoms with Crippen LogP contribution in [0, 0.1) is 11.8 Å². The zero-order chi connectivity index (χ0) is 21.1. The van der Waals surface area contributed by atoms with E-state index in [2.05, 4.69) is 47.7 Å². The van der Waals surface area contributed by atoms with Crippen molar-refractivity contribution < 1.29 is 4.79 Å². The highest BCUT2D eigenvalue weighted by Crippen LogP contribution is 2.29. The molecule has 30 heavy (non-hydrogen) atoms. The van der Waals surface area contributed by atoms with E-state index in [1.165, 1.54) is 32.1 Å². The van der Waals surface area contributed by atoms with Crippen molar-refractivity contribution >= 4 is 5.91 Å². The second-order valence-electron chi connectivity index (χ2n) is 9.54. The van der Waals surface area contributed by atoms with Gasteiger partial charge >= 0.3 is 0 Å². The molecular formula is C25H36N4O. The van der Waals surface area contributed by atoms with Gasteiger partial charge in [0.1, 0.15) is 5.82 Å². The number of fused-ring (bicyclic) bond motifs is 1. The molecule has 5 heteroatoms. The first-order valence-electron chi connectivity index (χ1n) is 11.7. The number of benzene rings is 1. The zero-order valence-corrected chi connectivity index (χ0v) is 18.7. The highest BCUT2D eigenvalue weighted by atomic mass is 16.2. The maximum atomic E-state index is 13.3. The van der Waals surface area contributed by atoms with Gasteiger partial charge in [-0.05, 0) is 31.6 Å². The van der Waals surface area contributed by atoms with Crippen LogP contribution < -0.4 is 5.32 Å². The van der Waals surface area contributed by atoms with Crippen molar-refractivity contribution in [3.05, 3.63) is 41.7 Å². The Hall–Kier alpha value is -2.14. The number of nitrogens with one attached hydrogen (secondary N) is 1. The predicted octanol–water partition coefficient (Wildman–Crippen LogP) is 4.72. The van der Waals surface area contributed by atoms with Gasteiger partial charge in [-0.25, -0.2) is 4.98 Å². The first kappa shape index (κ1) is 21.1. The van der Waals surface area contributed by atoms with Crippen molar-refractivity contribution in [3.63, 3.8) is 0 Å². The van der Waals surface area contributed by atoms with Crippen LogP contribution in [0.3, 0.4) is 0 Å². The Morgan fingerprint density at radius 2 is 1.83 bits per heavy atom. The highest BCUT2D eigenvalue weighted by molar-refractivity contribution is 5.94. The summed E-state index contributed by atoms with van der Waals surface area (Å²) < 4.78 is 2.27. The largest absolute Gasteiger partial charge is 0.348 e. The van der Waals surface area contributed by atoms with Gasteiger partial charge in [0.2, 0.25) is 0 Å². The number of rotatable bonds is 6. The van der Waals surface area contributed by atoms with Gasteiger partial charge in [0.25, 0.3) is 5.91 Å². The molecule has 0 bridgehead atoms. The highest BCUT2D eigenvalue weighted by Gasteiger charge is 2.30. The number of amides is 1. The lowest BCUT2D eigenvalue weighted by molar-refractivity contribution is 0.0910. The van der Waals surface area contributed by atoms with Gasteiger partial charge in [-0.1, -0.05) is 63.4 Å². The molecule has 1 amide bonds. The van der Waals surface area contributed by atoms with Gasteiger partial charge in [-0.3, -0.25) is 9.69 Å². The van der Waals surface area contributed by atoms with Gasteiger partial charge in [0.05, 0.1) is 5.69 Å². The van der Waals surface area contributed by atoms with Gasteiger partial charge in [-0.2, -0.15) is 0 Å². The molecule has 2 aliphatic rings. The fraction of sp³-hybridized carbons (Fsp3) is 0.600. The van der Waals surface area contributed by atoms with E-state index in [9.17, 15) is 4.79 Å². The Bertz CT molecular complexity index is 852. The normalized spacial score (nSPS) is 18.9. The molecule has 1 aliphatic heterocycles. The summed E-state index contributed by atoms with van der Waals surface area (Å²) in [6.45, 7) is 10.4. The Morgan fingerprint density at radius 1 is 1.10 bits per heavy atom. The van der Waals surface area contributed by atoms with Crippen LogP contribution in [-0.2, 0) is 13.1 Å². The summed E-state index contributed by atoms with van der Waals surface area (Å²) >= 11 is 0. The first-order chi connectivity index (χ1) is 14.5. The molecule has 1 N–H and O–H groups in total. The molecule has 1 atom stereocenters. The number of carbonyl (C=O) groups excluding carboxylic acids is 1. The fourth-order valence-electron chi connectivity index (χ4n) is 5.11. The smallest absolute Gasteiger partial charge is 0.272 e. The average Bonchev–Trinajstić information content (AvgIpc) is 3.13. The number of imidazole rings is 1. The molecule has 0 spiro atoms. The van der Waals surface area contributed by atoms with Crippen molar-refractivity contribution in [2.24, 2.45) is 11.8 Å². The molecule has 1 aliphatic carbocycles. The standard InChI is InChI=1S/C25H36N4O/c1-18(2)16-28-14-15-29-22(17-28)23(27-24(29)21-12-8-5-9-13-21)25(30)26-19(3)20-10-6-4-7-11-20/h5,8-9,12-13,18-20H,4,6-7,10-11,14-17H2,1-3H3,(H,26,30). The van der Waals surface area contributed by atoms with E-state index in [1.54, 1.807) is 0 Å². The summed E-state index contributed by atoms with van der Waals surface area (Å²) in [7, 11) is 0. The minimum atomic E-state index is -0.00889. The number of hydrogen-bond donors (Lipinski definition) is 1. The molecule has 0 radical (unpaired) electrons. The molecule has 1 unspecified atom stereocenters. The Morgan fingerprint density at radius 3 is 2.53 bits per heavy atom. The predicted molar refractivity (Wildman–Crippen MR) is 121 cm³/mol. The zero-order valence-electron chi connectivity index (χ0n) is 18.7. The van der Waals surface area contributed by atoms with E-state index >= 15 is 0 Å². The van der Waals surface area contributed by atoms with E-state index in [-0.39, 0.29) is 11.9 Å². The van der Waals surface area contributed by atoms with Gasteiger partial charge in [-0.15, -0.1) is 0 Å². The second-order valence-corrected chi connectivity index (χ2v) is 9.54. The van der Waals surface area contributed by atoms with Crippen molar-refractivity contribution in [2.75, 3.05) is 13.1 Å². The summed E-state index contributed by atoms with van der Waals surface area (Å²) in [4.78, 5) is 20.7. The quantitative estimate of drug-likeness (QED) is 0.752. The molecule has 2 heterocycles. The summed E-state index contributed by atoms with van der Waals surface area (Å²) in [5.74, 6) is 2.11. The molecule has 1 saturated carbocycles. The molecule has 5 nitrogen and oxygen atoms in total. The van der Waals surface area contributed by atoms with Gasteiger partial charge in [0.15, 0.2) is 5.69 Å². The minimum absolute atomic E-state index is 0.00889. The first-order valence-corrected chi connectivity index (χ1v) is 11.7. The van der Waals surface area contributed by atoms with Gasteiger partial charge in [0, 0.05) is 37.8 Å². The Labute approximate surface area is 180 Å². The van der Waals surface area contributed by atoms with E-state index in [0.717, 1.165) is 43.3 Å². The summed E-state index contributed by atoms with van der Waals surface area (Å²) in [5, 5.41) is 3.30. The maximum Gasteiger partial charge on any atom is 0.272 e. The lowest BCUT2D eigenvalue weighted by atomic mass is 9.84. The van der Waals surface area contributed by atoms with Crippen LogP contribution in [0.25, 0.3) is 11.4 Å². The molecule has 162 valence electrons. The van der Waals surface area contributed by atoms with Crippen LogP contribution in [0.5, 0.6) is 0 Å². The van der Waals surface area contributed by atoms with E-state index in [0.29, 0.717) is 17.5 Å². The van der Waals surface area contributed by atoms with Gasteiger partial charge < -0.3 is 9.88 Å². The Kier molecular flexibility index (Phi) is 6.57. The molecular weight excluding hydrogens is 372 g/mol. The number of hydrogen-bond acceptors (Lipinski definition) is 3. The van der Waals surface area contributed by atoms with Crippen LogP contribution in [0.1, 0.15) is 69.1 Å². The van der Waals surface area contributed by atoms with Crippen LogP contribution in [0.4, 0.5) is 0 Å². The minimum Gasteiger partial charge on any atom is -0.348 e. The van der Waals surface area contributed by atoms with Crippen LogP contribution in [-0.4, -0.2) is 39.5 Å². The molecule has 0 saturated heterocycles. The van der Waals surface area contributed by atoms with Crippen LogP contribution in [0.2, 0.25) is 0 Å². The molecule has 4 rings (SSSR count). The maximum absolute atomic E-state index is 13.3. The number of nitrogens with zero attached hydrogens (tertiary/aromatic N) is 3. The fourth-order valence-corrected chi connectivity index (χ4v) is 5.11. The molecule has 1 fully saturated rings. The molecule has 1 aromatic heterocycles. The van der Waals surface area contributed by atoms with E-state index in [4.69, 9.17) is 4.98 Å². The van der Waals surface area contributed by atoms with Crippen molar-refractivity contribution in [2.45, 2.75) is 72.0 Å². The van der Waals surface area contributed by atoms with Crippen LogP contribution in [0.15, 0.2) is 30.3 Å². The average molecular weight is 409 g/mol. The molecule has 1 aromatic carbocycles. The Balaban J connectivity index is 1.61. The lowest BCUT2D eigenvalue weighted by Gasteiger charge is -2.31. The number of aromatic nitrogens is 2. The lowest BCUT2D eigenvalue weighted by Crippen LogP contribution is -2.41. The topological polar surface area (TPSA) is 50.2 Å². The summed E-state index contributed by atoms with van der Waals surface area (Å²) in [6.07, 6.45) is 6.35. The van der Waals surface area contributed by atoms with Crippen molar-refractivity contribution in [1.82, 2.24) is 19.8 Å². The van der Waals surface area contributed by atoms with Crippen LogP contribution >= 0.6 is 0 Å². The van der Waals surface area contributed by atoms with Crippen molar-refractivity contribution in [1.29, 1.82) is 0 Å². The molecule has 2 aromatic rings. The number of carbonyl (C=O) groups is 1. The second kappa shape index (κ2) is 9.34. The van der Waals surface area contributed by atoms with E-state index in [1.807, 2.05) is 18.2 Å². The SMILES string of the molecule is CC(C)CN1CCn2c(-c3ccccc3)nc(C(=O)NC(C)C3CCCCC3)c2C1.